The van der Waals surface area contributed by atoms with E-state index in [9.17, 15) is 8.42 Å². The number of nitrogens with one attached hydrogen (secondary N) is 1. The smallest absolute Gasteiger partial charge is 0.261 e. The van der Waals surface area contributed by atoms with Crippen LogP contribution in [0.15, 0.2) is 41.3 Å². The Bertz CT molecular complexity index is 714. The van der Waals surface area contributed by atoms with Crippen molar-refractivity contribution in [3.63, 3.8) is 0 Å². The Kier molecular flexibility index (Phi) is 4.39. The summed E-state index contributed by atoms with van der Waals surface area (Å²) < 4.78 is 28.5. The summed E-state index contributed by atoms with van der Waals surface area (Å²) in [5, 5.41) is 0. The topological polar surface area (TPSA) is 46.2 Å². The van der Waals surface area contributed by atoms with Gasteiger partial charge in [-0.25, -0.2) is 8.42 Å². The maximum absolute atomic E-state index is 12.4. The molecule has 2 aromatic carbocycles. The maximum atomic E-state index is 12.4. The van der Waals surface area contributed by atoms with Crippen LogP contribution in [0, 0.1) is 24.3 Å². The van der Waals surface area contributed by atoms with Crippen molar-refractivity contribution < 1.29 is 8.42 Å². The van der Waals surface area contributed by atoms with Crippen molar-refractivity contribution in [3.05, 3.63) is 56.7 Å². The summed E-state index contributed by atoms with van der Waals surface area (Å²) in [5.41, 5.74) is 3.64. The van der Waals surface area contributed by atoms with Gasteiger partial charge in [0, 0.05) is 3.57 Å². The van der Waals surface area contributed by atoms with Crippen molar-refractivity contribution in [2.75, 3.05) is 4.72 Å². The largest absolute Gasteiger partial charge is 0.279 e. The van der Waals surface area contributed by atoms with E-state index in [4.69, 9.17) is 0 Å². The molecule has 0 aliphatic heterocycles. The minimum absolute atomic E-state index is 0.275. The van der Waals surface area contributed by atoms with E-state index in [1.165, 1.54) is 0 Å². The molecule has 0 aliphatic carbocycles. The fraction of sp³-hybridized carbons (Fsp3) is 0.200. The number of aryl methyl sites for hydroxylation is 3. The molecule has 0 fully saturated rings. The summed E-state index contributed by atoms with van der Waals surface area (Å²) in [6, 6.07) is 10.7. The third-order valence-corrected chi connectivity index (χ3v) is 5.12. The number of benzene rings is 2. The Morgan fingerprint density at radius 1 is 0.950 bits per heavy atom. The van der Waals surface area contributed by atoms with E-state index >= 15 is 0 Å². The van der Waals surface area contributed by atoms with Gasteiger partial charge in [0.05, 0.1) is 10.6 Å². The Morgan fingerprint density at radius 3 is 1.95 bits per heavy atom. The highest BCUT2D eigenvalue weighted by Crippen LogP contribution is 2.25. The van der Waals surface area contributed by atoms with E-state index in [0.29, 0.717) is 5.69 Å². The van der Waals surface area contributed by atoms with Gasteiger partial charge in [-0.05, 0) is 78.8 Å². The Labute approximate surface area is 133 Å². The minimum Gasteiger partial charge on any atom is -0.279 e. The van der Waals surface area contributed by atoms with Gasteiger partial charge in [-0.1, -0.05) is 17.7 Å². The fourth-order valence-corrected chi connectivity index (χ4v) is 3.71. The molecule has 0 saturated carbocycles. The molecule has 106 valence electrons. The molecule has 20 heavy (non-hydrogen) atoms. The van der Waals surface area contributed by atoms with Gasteiger partial charge in [0.2, 0.25) is 0 Å². The number of halogens is 1. The number of anilines is 1. The molecule has 0 radical (unpaired) electrons. The van der Waals surface area contributed by atoms with Gasteiger partial charge in [0.15, 0.2) is 0 Å². The van der Waals surface area contributed by atoms with Gasteiger partial charge in [-0.15, -0.1) is 0 Å². The predicted molar refractivity (Wildman–Crippen MR) is 90.6 cm³/mol. The molecule has 0 saturated heterocycles. The van der Waals surface area contributed by atoms with Crippen LogP contribution in [-0.4, -0.2) is 8.42 Å². The molecule has 0 amide bonds. The van der Waals surface area contributed by atoms with Crippen molar-refractivity contribution in [2.24, 2.45) is 0 Å². The zero-order valence-corrected chi connectivity index (χ0v) is 14.5. The molecular weight excluding hydrogens is 385 g/mol. The van der Waals surface area contributed by atoms with Crippen LogP contribution in [-0.2, 0) is 10.0 Å². The summed E-state index contributed by atoms with van der Waals surface area (Å²) in [7, 11) is -3.54. The van der Waals surface area contributed by atoms with Gasteiger partial charge in [-0.3, -0.25) is 4.72 Å². The monoisotopic (exact) mass is 401 g/mol. The lowest BCUT2D eigenvalue weighted by Crippen LogP contribution is -2.14. The first-order valence-electron chi connectivity index (χ1n) is 6.16. The van der Waals surface area contributed by atoms with Crippen LogP contribution in [0.5, 0.6) is 0 Å². The first-order chi connectivity index (χ1) is 9.29. The van der Waals surface area contributed by atoms with E-state index in [-0.39, 0.29) is 4.90 Å². The molecular formula is C15H16INO2S. The molecule has 2 aromatic rings. The first-order valence-corrected chi connectivity index (χ1v) is 8.72. The summed E-state index contributed by atoms with van der Waals surface area (Å²) in [6.07, 6.45) is 0. The van der Waals surface area contributed by atoms with Crippen LogP contribution in [0.25, 0.3) is 0 Å². The van der Waals surface area contributed by atoms with Crippen LogP contribution in [0.2, 0.25) is 0 Å². The quantitative estimate of drug-likeness (QED) is 0.790. The standard InChI is InChI=1S/C15H16INO2S/c1-10-8-11(2)15(12(3)9-10)17-20(18,19)14-6-4-13(16)5-7-14/h4-9,17H,1-3H3. The third kappa shape index (κ3) is 3.32. The Balaban J connectivity index is 2.41. The lowest BCUT2D eigenvalue weighted by atomic mass is 10.1. The van der Waals surface area contributed by atoms with Crippen molar-refractivity contribution in [3.8, 4) is 0 Å². The number of sulfonamides is 1. The molecule has 0 atom stereocenters. The second-order valence-corrected chi connectivity index (χ2v) is 7.76. The van der Waals surface area contributed by atoms with E-state index in [1.54, 1.807) is 24.3 Å². The summed E-state index contributed by atoms with van der Waals surface area (Å²) in [4.78, 5) is 0.275. The Morgan fingerprint density at radius 2 is 1.45 bits per heavy atom. The van der Waals surface area contributed by atoms with E-state index in [2.05, 4.69) is 27.3 Å². The molecule has 0 bridgehead atoms. The van der Waals surface area contributed by atoms with Gasteiger partial charge in [0.1, 0.15) is 0 Å². The SMILES string of the molecule is Cc1cc(C)c(NS(=O)(=O)c2ccc(I)cc2)c(C)c1. The van der Waals surface area contributed by atoms with Crippen LogP contribution >= 0.6 is 22.6 Å². The van der Waals surface area contributed by atoms with Crippen molar-refractivity contribution >= 4 is 38.3 Å². The molecule has 0 aromatic heterocycles. The highest BCUT2D eigenvalue weighted by Gasteiger charge is 2.16. The highest BCUT2D eigenvalue weighted by atomic mass is 127. The van der Waals surface area contributed by atoms with Crippen LogP contribution in [0.3, 0.4) is 0 Å². The molecule has 0 unspecified atom stereocenters. The second-order valence-electron chi connectivity index (χ2n) is 4.83. The third-order valence-electron chi connectivity index (χ3n) is 3.04. The Hall–Kier alpha value is -1.08. The highest BCUT2D eigenvalue weighted by molar-refractivity contribution is 14.1. The van der Waals surface area contributed by atoms with Gasteiger partial charge >= 0.3 is 0 Å². The number of rotatable bonds is 3. The van der Waals surface area contributed by atoms with Gasteiger partial charge in [-0.2, -0.15) is 0 Å². The molecule has 5 heteroatoms. The zero-order valence-electron chi connectivity index (χ0n) is 11.6. The molecule has 0 aliphatic rings. The van der Waals surface area contributed by atoms with Crippen molar-refractivity contribution in [2.45, 2.75) is 25.7 Å². The first kappa shape index (κ1) is 15.3. The van der Waals surface area contributed by atoms with E-state index < -0.39 is 10.0 Å². The lowest BCUT2D eigenvalue weighted by molar-refractivity contribution is 0.601. The lowest BCUT2D eigenvalue weighted by Gasteiger charge is -2.14. The van der Waals surface area contributed by atoms with Gasteiger partial charge < -0.3 is 0 Å². The summed E-state index contributed by atoms with van der Waals surface area (Å²) >= 11 is 2.15. The fourth-order valence-electron chi connectivity index (χ4n) is 2.15. The summed E-state index contributed by atoms with van der Waals surface area (Å²) in [6.45, 7) is 5.81. The van der Waals surface area contributed by atoms with Crippen LogP contribution in [0.1, 0.15) is 16.7 Å². The predicted octanol–water partition coefficient (Wildman–Crippen LogP) is 4.02. The number of hydrogen-bond donors (Lipinski definition) is 1. The normalized spacial score (nSPS) is 11.4. The molecule has 0 spiro atoms. The molecule has 2 rings (SSSR count). The zero-order chi connectivity index (χ0) is 14.9. The van der Waals surface area contributed by atoms with Crippen LogP contribution in [0.4, 0.5) is 5.69 Å². The van der Waals surface area contributed by atoms with Gasteiger partial charge in [0.25, 0.3) is 10.0 Å². The van der Waals surface area contributed by atoms with Crippen LogP contribution < -0.4 is 4.72 Å². The second kappa shape index (κ2) is 5.73. The van der Waals surface area contributed by atoms with Crippen molar-refractivity contribution in [1.29, 1.82) is 0 Å². The molecule has 3 nitrogen and oxygen atoms in total. The molecule has 0 heterocycles. The molecule has 1 N–H and O–H groups in total. The number of hydrogen-bond acceptors (Lipinski definition) is 2. The summed E-state index contributed by atoms with van der Waals surface area (Å²) in [5.74, 6) is 0. The van der Waals surface area contributed by atoms with E-state index in [1.807, 2.05) is 32.9 Å². The average molecular weight is 401 g/mol. The maximum Gasteiger partial charge on any atom is 0.261 e. The van der Waals surface area contributed by atoms with E-state index in [0.717, 1.165) is 20.3 Å². The minimum atomic E-state index is -3.54. The average Bonchev–Trinajstić information content (AvgIpc) is 2.34. The van der Waals surface area contributed by atoms with Crippen molar-refractivity contribution in [1.82, 2.24) is 0 Å².